The molecule has 0 aromatic heterocycles. The lowest BCUT2D eigenvalue weighted by Gasteiger charge is -2.12. The fraction of sp³-hybridized carbons (Fsp3) is 0.333. The molecule has 102 valence electrons. The first-order valence-electron chi connectivity index (χ1n) is 5.22. The summed E-state index contributed by atoms with van der Waals surface area (Å²) in [5.41, 5.74) is 0.270. The van der Waals surface area contributed by atoms with Crippen LogP contribution in [0, 0.1) is 11.3 Å². The molecular formula is C12H12ClNO4S. The van der Waals surface area contributed by atoms with Crippen molar-refractivity contribution in [3.63, 3.8) is 0 Å². The Hall–Kier alpha value is -1.58. The van der Waals surface area contributed by atoms with Crippen molar-refractivity contribution in [2.75, 3.05) is 19.1 Å². The standard InChI is InChI=1S/C12H12ClNO4S/c1-18-12-4-3-8(13)5-9(12)10(6-14)11(15)7-19(2,16)17/h3-5,10H,7H2,1-2H3. The van der Waals surface area contributed by atoms with Gasteiger partial charge < -0.3 is 4.74 Å². The van der Waals surface area contributed by atoms with Crippen LogP contribution in [0.1, 0.15) is 11.5 Å². The Balaban J connectivity index is 3.21. The maximum atomic E-state index is 11.9. The molecule has 0 bridgehead atoms. The van der Waals surface area contributed by atoms with Gasteiger partial charge in [-0.1, -0.05) is 11.6 Å². The topological polar surface area (TPSA) is 84.2 Å². The van der Waals surface area contributed by atoms with Crippen LogP contribution >= 0.6 is 11.6 Å². The van der Waals surface area contributed by atoms with Crippen LogP contribution in [0.3, 0.4) is 0 Å². The second-order valence-electron chi connectivity index (χ2n) is 3.98. The van der Waals surface area contributed by atoms with Crippen molar-refractivity contribution in [2.45, 2.75) is 5.92 Å². The molecule has 1 unspecified atom stereocenters. The number of sulfone groups is 1. The molecule has 0 heterocycles. The Morgan fingerprint density at radius 2 is 2.16 bits per heavy atom. The minimum atomic E-state index is -3.49. The number of methoxy groups -OCH3 is 1. The van der Waals surface area contributed by atoms with Crippen LogP contribution in [0.2, 0.25) is 5.02 Å². The molecule has 0 aliphatic heterocycles. The van der Waals surface area contributed by atoms with Crippen molar-refractivity contribution in [2.24, 2.45) is 0 Å². The van der Waals surface area contributed by atoms with Crippen molar-refractivity contribution >= 4 is 27.2 Å². The van der Waals surface area contributed by atoms with Gasteiger partial charge >= 0.3 is 0 Å². The highest BCUT2D eigenvalue weighted by Gasteiger charge is 2.26. The predicted molar refractivity (Wildman–Crippen MR) is 71.1 cm³/mol. The van der Waals surface area contributed by atoms with E-state index in [4.69, 9.17) is 21.6 Å². The summed E-state index contributed by atoms with van der Waals surface area (Å²) in [7, 11) is -2.10. The van der Waals surface area contributed by atoms with Crippen molar-refractivity contribution in [3.05, 3.63) is 28.8 Å². The Kier molecular flexibility index (Phi) is 4.92. The van der Waals surface area contributed by atoms with Gasteiger partial charge in [-0.05, 0) is 18.2 Å². The molecule has 19 heavy (non-hydrogen) atoms. The summed E-state index contributed by atoms with van der Waals surface area (Å²) in [6, 6.07) is 6.29. The zero-order valence-electron chi connectivity index (χ0n) is 10.4. The van der Waals surface area contributed by atoms with Gasteiger partial charge in [0.05, 0.1) is 13.2 Å². The quantitative estimate of drug-likeness (QED) is 0.824. The zero-order chi connectivity index (χ0) is 14.6. The molecule has 1 aromatic carbocycles. The smallest absolute Gasteiger partial charge is 0.169 e. The molecule has 0 N–H and O–H groups in total. The van der Waals surface area contributed by atoms with Gasteiger partial charge in [-0.2, -0.15) is 5.26 Å². The third kappa shape index (κ3) is 4.23. The van der Waals surface area contributed by atoms with E-state index in [1.807, 2.05) is 0 Å². The van der Waals surface area contributed by atoms with Gasteiger partial charge in [-0.3, -0.25) is 4.79 Å². The van der Waals surface area contributed by atoms with Gasteiger partial charge in [0.2, 0.25) is 0 Å². The normalized spacial score (nSPS) is 12.5. The van der Waals surface area contributed by atoms with E-state index < -0.39 is 27.3 Å². The van der Waals surface area contributed by atoms with Crippen LogP contribution in [0.25, 0.3) is 0 Å². The molecule has 1 rings (SSSR count). The number of rotatable bonds is 5. The van der Waals surface area contributed by atoms with Crippen molar-refractivity contribution in [3.8, 4) is 11.8 Å². The highest BCUT2D eigenvalue weighted by Crippen LogP contribution is 2.30. The Labute approximate surface area is 116 Å². The molecule has 0 spiro atoms. The second kappa shape index (κ2) is 6.04. The fourth-order valence-corrected chi connectivity index (χ4v) is 2.45. The molecule has 0 aliphatic carbocycles. The van der Waals surface area contributed by atoms with Crippen LogP contribution in [0.15, 0.2) is 18.2 Å². The number of nitrogens with zero attached hydrogens (tertiary/aromatic N) is 1. The SMILES string of the molecule is COc1ccc(Cl)cc1C(C#N)C(=O)CS(C)(=O)=O. The highest BCUT2D eigenvalue weighted by molar-refractivity contribution is 7.91. The lowest BCUT2D eigenvalue weighted by Crippen LogP contribution is -2.21. The molecule has 0 fully saturated rings. The summed E-state index contributed by atoms with van der Waals surface area (Å²) >= 11 is 5.82. The van der Waals surface area contributed by atoms with E-state index in [-0.39, 0.29) is 5.56 Å². The van der Waals surface area contributed by atoms with Gasteiger partial charge in [0.15, 0.2) is 15.6 Å². The number of Topliss-reactive ketones (excluding diaryl/α,β-unsaturated/α-hetero) is 1. The zero-order valence-corrected chi connectivity index (χ0v) is 12.0. The van der Waals surface area contributed by atoms with Gasteiger partial charge in [-0.15, -0.1) is 0 Å². The number of carbonyl (C=O) groups is 1. The van der Waals surface area contributed by atoms with Crippen molar-refractivity contribution in [1.82, 2.24) is 0 Å². The van der Waals surface area contributed by atoms with E-state index in [0.717, 1.165) is 6.26 Å². The first kappa shape index (κ1) is 15.5. The number of halogens is 1. The minimum Gasteiger partial charge on any atom is -0.496 e. The molecule has 0 aliphatic rings. The molecule has 1 atom stereocenters. The molecule has 0 amide bonds. The predicted octanol–water partition coefficient (Wildman–Crippen LogP) is 1.57. The number of benzene rings is 1. The summed E-state index contributed by atoms with van der Waals surface area (Å²) in [5.74, 6) is -2.30. The third-order valence-electron chi connectivity index (χ3n) is 2.36. The number of carbonyl (C=O) groups excluding carboxylic acids is 1. The average molecular weight is 302 g/mol. The molecule has 1 aromatic rings. The molecule has 0 saturated carbocycles. The fourth-order valence-electron chi connectivity index (χ4n) is 1.59. The number of hydrogen-bond donors (Lipinski definition) is 0. The maximum Gasteiger partial charge on any atom is 0.169 e. The van der Waals surface area contributed by atoms with E-state index in [2.05, 4.69) is 0 Å². The van der Waals surface area contributed by atoms with E-state index in [9.17, 15) is 13.2 Å². The lowest BCUT2D eigenvalue weighted by molar-refractivity contribution is -0.117. The Morgan fingerprint density at radius 3 is 2.63 bits per heavy atom. The molecular weight excluding hydrogens is 290 g/mol. The van der Waals surface area contributed by atoms with Gasteiger partial charge in [0.1, 0.15) is 17.4 Å². The Bertz CT molecular complexity index is 634. The van der Waals surface area contributed by atoms with Crippen LogP contribution < -0.4 is 4.74 Å². The first-order valence-corrected chi connectivity index (χ1v) is 7.66. The molecule has 7 heteroatoms. The maximum absolute atomic E-state index is 11.9. The number of nitriles is 1. The monoisotopic (exact) mass is 301 g/mol. The first-order chi connectivity index (χ1) is 8.78. The van der Waals surface area contributed by atoms with Gasteiger partial charge in [0, 0.05) is 16.8 Å². The molecule has 0 radical (unpaired) electrons. The largest absolute Gasteiger partial charge is 0.496 e. The Morgan fingerprint density at radius 1 is 1.53 bits per heavy atom. The van der Waals surface area contributed by atoms with E-state index in [1.165, 1.54) is 19.2 Å². The van der Waals surface area contributed by atoms with Crippen molar-refractivity contribution < 1.29 is 17.9 Å². The molecule has 0 saturated heterocycles. The average Bonchev–Trinajstić information content (AvgIpc) is 2.28. The van der Waals surface area contributed by atoms with Crippen LogP contribution in [0.4, 0.5) is 0 Å². The molecule has 5 nitrogen and oxygen atoms in total. The number of ketones is 1. The number of ether oxygens (including phenoxy) is 1. The second-order valence-corrected chi connectivity index (χ2v) is 6.56. The lowest BCUT2D eigenvalue weighted by atomic mass is 9.96. The minimum absolute atomic E-state index is 0.270. The summed E-state index contributed by atoms with van der Waals surface area (Å²) in [4.78, 5) is 11.9. The summed E-state index contributed by atoms with van der Waals surface area (Å²) in [6.45, 7) is 0. The van der Waals surface area contributed by atoms with Gasteiger partial charge in [-0.25, -0.2) is 8.42 Å². The van der Waals surface area contributed by atoms with Crippen LogP contribution in [-0.4, -0.2) is 33.3 Å². The van der Waals surface area contributed by atoms with Crippen LogP contribution in [0.5, 0.6) is 5.75 Å². The van der Waals surface area contributed by atoms with E-state index >= 15 is 0 Å². The summed E-state index contributed by atoms with van der Waals surface area (Å²) in [6.07, 6.45) is 0.939. The van der Waals surface area contributed by atoms with Crippen LogP contribution in [-0.2, 0) is 14.6 Å². The highest BCUT2D eigenvalue weighted by atomic mass is 35.5. The summed E-state index contributed by atoms with van der Waals surface area (Å²) in [5, 5.41) is 9.43. The van der Waals surface area contributed by atoms with Crippen molar-refractivity contribution in [1.29, 1.82) is 5.26 Å². The summed E-state index contributed by atoms with van der Waals surface area (Å²) < 4.78 is 27.3. The number of hydrogen-bond acceptors (Lipinski definition) is 5. The third-order valence-corrected chi connectivity index (χ3v) is 3.40. The van der Waals surface area contributed by atoms with E-state index in [0.29, 0.717) is 10.8 Å². The van der Waals surface area contributed by atoms with E-state index in [1.54, 1.807) is 12.1 Å². The van der Waals surface area contributed by atoms with Gasteiger partial charge in [0.25, 0.3) is 0 Å².